The minimum atomic E-state index is -0.465. The van der Waals surface area contributed by atoms with Crippen LogP contribution in [-0.2, 0) is 17.9 Å². The highest BCUT2D eigenvalue weighted by atomic mass is 79.9. The van der Waals surface area contributed by atoms with Crippen LogP contribution in [0.4, 0.5) is 9.18 Å². The SMILES string of the molecule is COc1cc(/C=C2\SC(=O)N(Cc3ccccc3F)C2=O)cc(Br)c1OCc1ccccc1C. The Hall–Kier alpha value is -3.10. The molecule has 0 bridgehead atoms. The summed E-state index contributed by atoms with van der Waals surface area (Å²) in [6.45, 7) is 2.27. The first-order chi connectivity index (χ1) is 16.4. The van der Waals surface area contributed by atoms with Crippen LogP contribution in [0.1, 0.15) is 22.3 Å². The van der Waals surface area contributed by atoms with Crippen molar-refractivity contribution in [2.24, 2.45) is 0 Å². The number of rotatable bonds is 7. The molecular formula is C26H21BrFNO4S. The van der Waals surface area contributed by atoms with Crippen molar-refractivity contribution in [3.8, 4) is 11.5 Å². The van der Waals surface area contributed by atoms with Crippen molar-refractivity contribution in [3.63, 3.8) is 0 Å². The molecule has 1 saturated heterocycles. The highest BCUT2D eigenvalue weighted by Gasteiger charge is 2.35. The van der Waals surface area contributed by atoms with Crippen molar-refractivity contribution >= 4 is 44.9 Å². The summed E-state index contributed by atoms with van der Waals surface area (Å²) in [5.74, 6) is 0.101. The fourth-order valence-corrected chi connectivity index (χ4v) is 4.88. The van der Waals surface area contributed by atoms with E-state index < -0.39 is 17.0 Å². The van der Waals surface area contributed by atoms with Gasteiger partial charge in [0.2, 0.25) is 0 Å². The summed E-state index contributed by atoms with van der Waals surface area (Å²) in [7, 11) is 1.54. The summed E-state index contributed by atoms with van der Waals surface area (Å²) in [5.41, 5.74) is 3.12. The Labute approximate surface area is 209 Å². The van der Waals surface area contributed by atoms with E-state index in [2.05, 4.69) is 15.9 Å². The number of nitrogens with zero attached hydrogens (tertiary/aromatic N) is 1. The van der Waals surface area contributed by atoms with Crippen molar-refractivity contribution in [1.29, 1.82) is 0 Å². The number of imide groups is 1. The first kappa shape index (κ1) is 24.0. The molecule has 1 aliphatic heterocycles. The molecule has 0 atom stereocenters. The van der Waals surface area contributed by atoms with Gasteiger partial charge in [-0.05, 0) is 75.6 Å². The summed E-state index contributed by atoms with van der Waals surface area (Å²) in [4.78, 5) is 26.6. The van der Waals surface area contributed by atoms with Gasteiger partial charge in [-0.15, -0.1) is 0 Å². The van der Waals surface area contributed by atoms with E-state index in [1.54, 1.807) is 36.4 Å². The summed E-state index contributed by atoms with van der Waals surface area (Å²) in [5, 5.41) is -0.441. The van der Waals surface area contributed by atoms with Crippen LogP contribution in [0, 0.1) is 12.7 Å². The number of thioether (sulfide) groups is 1. The van der Waals surface area contributed by atoms with Crippen LogP contribution in [0.2, 0.25) is 0 Å². The highest BCUT2D eigenvalue weighted by Crippen LogP contribution is 2.40. The van der Waals surface area contributed by atoms with Crippen molar-refractivity contribution in [2.75, 3.05) is 7.11 Å². The van der Waals surface area contributed by atoms with Gasteiger partial charge in [0.05, 0.1) is 23.0 Å². The maximum Gasteiger partial charge on any atom is 0.293 e. The predicted octanol–water partition coefficient (Wildman–Crippen LogP) is 6.72. The van der Waals surface area contributed by atoms with Crippen molar-refractivity contribution in [2.45, 2.75) is 20.1 Å². The summed E-state index contributed by atoms with van der Waals surface area (Å²) < 4.78 is 26.2. The van der Waals surface area contributed by atoms with Gasteiger partial charge in [0.25, 0.3) is 11.1 Å². The van der Waals surface area contributed by atoms with E-state index >= 15 is 0 Å². The van der Waals surface area contributed by atoms with E-state index in [-0.39, 0.29) is 17.0 Å². The standard InChI is InChI=1S/C26H21BrFNO4S/c1-16-7-3-4-9-19(16)15-33-24-20(27)11-17(12-22(24)32-2)13-23-25(30)29(26(31)34-23)14-18-8-5-6-10-21(18)28/h3-13H,14-15H2,1-2H3/b23-13-. The van der Waals surface area contributed by atoms with Crippen LogP contribution in [0.25, 0.3) is 6.08 Å². The third kappa shape index (κ3) is 5.18. The van der Waals surface area contributed by atoms with Gasteiger partial charge in [-0.1, -0.05) is 42.5 Å². The van der Waals surface area contributed by atoms with E-state index in [9.17, 15) is 14.0 Å². The smallest absolute Gasteiger partial charge is 0.293 e. The van der Waals surface area contributed by atoms with E-state index in [0.717, 1.165) is 27.8 Å². The summed E-state index contributed by atoms with van der Waals surface area (Å²) in [6, 6.07) is 17.6. The monoisotopic (exact) mass is 541 g/mol. The van der Waals surface area contributed by atoms with Crippen LogP contribution < -0.4 is 9.47 Å². The maximum absolute atomic E-state index is 14.0. The van der Waals surface area contributed by atoms with Gasteiger partial charge in [0.1, 0.15) is 12.4 Å². The minimum Gasteiger partial charge on any atom is -0.493 e. The van der Waals surface area contributed by atoms with Gasteiger partial charge in [0.15, 0.2) is 11.5 Å². The number of hydrogen-bond acceptors (Lipinski definition) is 5. The molecule has 1 aliphatic rings. The molecule has 174 valence electrons. The predicted molar refractivity (Wildman–Crippen MR) is 134 cm³/mol. The van der Waals surface area contributed by atoms with Crippen LogP contribution in [0.3, 0.4) is 0 Å². The van der Waals surface area contributed by atoms with Gasteiger partial charge in [-0.3, -0.25) is 14.5 Å². The Kier molecular flexibility index (Phi) is 7.38. The molecule has 1 heterocycles. The number of benzene rings is 3. The quantitative estimate of drug-likeness (QED) is 0.310. The van der Waals surface area contributed by atoms with Gasteiger partial charge < -0.3 is 9.47 Å². The van der Waals surface area contributed by atoms with E-state index in [0.29, 0.717) is 28.1 Å². The number of hydrogen-bond donors (Lipinski definition) is 0. The lowest BCUT2D eigenvalue weighted by molar-refractivity contribution is -0.123. The van der Waals surface area contributed by atoms with Gasteiger partial charge in [-0.2, -0.15) is 0 Å². The number of aryl methyl sites for hydroxylation is 1. The first-order valence-electron chi connectivity index (χ1n) is 10.4. The molecule has 0 aliphatic carbocycles. The molecular weight excluding hydrogens is 521 g/mol. The second-order valence-corrected chi connectivity index (χ2v) is 9.46. The Morgan fingerprint density at radius 3 is 2.47 bits per heavy atom. The van der Waals surface area contributed by atoms with Gasteiger partial charge in [0, 0.05) is 5.56 Å². The molecule has 0 radical (unpaired) electrons. The van der Waals surface area contributed by atoms with E-state index in [1.165, 1.54) is 13.2 Å². The van der Waals surface area contributed by atoms with Gasteiger partial charge >= 0.3 is 0 Å². The van der Waals surface area contributed by atoms with Crippen LogP contribution >= 0.6 is 27.7 Å². The van der Waals surface area contributed by atoms with Crippen molar-refractivity contribution in [3.05, 3.63) is 98.1 Å². The zero-order valence-electron chi connectivity index (χ0n) is 18.5. The van der Waals surface area contributed by atoms with Crippen LogP contribution in [-0.4, -0.2) is 23.2 Å². The lowest BCUT2D eigenvalue weighted by Gasteiger charge is -2.15. The topological polar surface area (TPSA) is 55.8 Å². The third-order valence-electron chi connectivity index (χ3n) is 5.34. The Balaban J connectivity index is 1.55. The summed E-state index contributed by atoms with van der Waals surface area (Å²) in [6.07, 6.45) is 1.62. The fourth-order valence-electron chi connectivity index (χ4n) is 3.47. The average Bonchev–Trinajstić information content (AvgIpc) is 3.07. The maximum atomic E-state index is 14.0. The number of carbonyl (C=O) groups excluding carboxylic acids is 2. The lowest BCUT2D eigenvalue weighted by Crippen LogP contribution is -2.27. The number of halogens is 2. The fraction of sp³-hybridized carbons (Fsp3) is 0.154. The van der Waals surface area contributed by atoms with E-state index in [4.69, 9.17) is 9.47 Å². The molecule has 4 rings (SSSR count). The van der Waals surface area contributed by atoms with Crippen LogP contribution in [0.15, 0.2) is 70.0 Å². The molecule has 0 N–H and O–H groups in total. The first-order valence-corrected chi connectivity index (χ1v) is 12.0. The second kappa shape index (κ2) is 10.4. The molecule has 5 nitrogen and oxygen atoms in total. The van der Waals surface area contributed by atoms with Crippen LogP contribution in [0.5, 0.6) is 11.5 Å². The zero-order chi connectivity index (χ0) is 24.2. The normalized spacial score (nSPS) is 14.7. The molecule has 0 spiro atoms. The lowest BCUT2D eigenvalue weighted by atomic mass is 10.1. The molecule has 3 aromatic rings. The molecule has 0 aromatic heterocycles. The number of ether oxygens (including phenoxy) is 2. The van der Waals surface area contributed by atoms with E-state index in [1.807, 2.05) is 31.2 Å². The molecule has 1 fully saturated rings. The Morgan fingerprint density at radius 2 is 1.76 bits per heavy atom. The largest absolute Gasteiger partial charge is 0.493 e. The molecule has 8 heteroatoms. The zero-order valence-corrected chi connectivity index (χ0v) is 20.9. The molecule has 0 unspecified atom stereocenters. The molecule has 0 saturated carbocycles. The third-order valence-corrected chi connectivity index (χ3v) is 6.84. The highest BCUT2D eigenvalue weighted by molar-refractivity contribution is 9.10. The Bertz CT molecular complexity index is 1290. The molecule has 2 amide bonds. The summed E-state index contributed by atoms with van der Waals surface area (Å²) >= 11 is 4.35. The number of methoxy groups -OCH3 is 1. The van der Waals surface area contributed by atoms with Crippen molar-refractivity contribution in [1.82, 2.24) is 4.90 Å². The number of carbonyl (C=O) groups is 2. The van der Waals surface area contributed by atoms with Gasteiger partial charge in [-0.25, -0.2) is 4.39 Å². The van der Waals surface area contributed by atoms with Crippen molar-refractivity contribution < 1.29 is 23.5 Å². The second-order valence-electron chi connectivity index (χ2n) is 7.61. The number of amides is 2. The average molecular weight is 542 g/mol. The molecule has 34 heavy (non-hydrogen) atoms. The molecule has 3 aromatic carbocycles. The Morgan fingerprint density at radius 1 is 1.06 bits per heavy atom. The minimum absolute atomic E-state index is 0.118.